The van der Waals surface area contributed by atoms with Gasteiger partial charge in [-0.2, -0.15) is 23.3 Å². The molecule has 4 heteroatoms. The molecule has 0 aliphatic carbocycles. The van der Waals surface area contributed by atoms with E-state index >= 15 is 0 Å². The van der Waals surface area contributed by atoms with Crippen molar-refractivity contribution in [2.75, 3.05) is 12.3 Å². The number of benzene rings is 1. The minimum Gasteiger partial charge on any atom is -1.00 e. The van der Waals surface area contributed by atoms with Crippen LogP contribution < -0.4 is 30.1 Å². The molecule has 3 aromatic carbocycles. The van der Waals surface area contributed by atoms with Gasteiger partial charge in [-0.25, -0.2) is 12.1 Å². The van der Waals surface area contributed by atoms with Gasteiger partial charge < -0.3 is 24.8 Å². The standard InChI is InChI=1S/C17H24P.C10H15.2ClH.Zr/c1-3-5-11-18(12-6-4-2)17-13-15-9-7-8-10-16(15)14-17;1-3-4-7-10-8-5-6-9(10)2;;;/h7-10,13-14H,3-6,11-12H2,1-2H3;5-6,8H,3-4,7H2,1-2H3;2*1H;/q2*-1;;;+4/p-2. The number of rotatable bonds is 10. The molecule has 0 nitrogen and oxygen atoms in total. The van der Waals surface area contributed by atoms with E-state index in [0.717, 1.165) is 0 Å². The van der Waals surface area contributed by atoms with Gasteiger partial charge in [0, 0.05) is 0 Å². The number of halogens is 2. The summed E-state index contributed by atoms with van der Waals surface area (Å²) in [4.78, 5) is 0. The van der Waals surface area contributed by atoms with E-state index in [9.17, 15) is 0 Å². The summed E-state index contributed by atoms with van der Waals surface area (Å²) in [6, 6.07) is 20.2. The van der Waals surface area contributed by atoms with Crippen LogP contribution in [0.5, 0.6) is 0 Å². The van der Waals surface area contributed by atoms with Gasteiger partial charge in [0.15, 0.2) is 0 Å². The van der Waals surface area contributed by atoms with Gasteiger partial charge in [0.05, 0.1) is 0 Å². The van der Waals surface area contributed by atoms with E-state index in [-0.39, 0.29) is 58.9 Å². The Bertz CT molecular complexity index is 752. The maximum Gasteiger partial charge on any atom is 4.00 e. The number of aryl methyl sites for hydroxylation is 2. The summed E-state index contributed by atoms with van der Waals surface area (Å²) in [5.41, 5.74) is 2.98. The smallest absolute Gasteiger partial charge is 1.00 e. The first-order valence-electron chi connectivity index (χ1n) is 11.3. The van der Waals surface area contributed by atoms with Crippen LogP contribution in [0.2, 0.25) is 0 Å². The van der Waals surface area contributed by atoms with Crippen LogP contribution in [0.3, 0.4) is 0 Å². The summed E-state index contributed by atoms with van der Waals surface area (Å²) in [6.45, 7) is 9.02. The largest absolute Gasteiger partial charge is 4.00 e. The molecular weight excluding hydrogens is 517 g/mol. The van der Waals surface area contributed by atoms with Gasteiger partial charge >= 0.3 is 26.2 Å². The predicted octanol–water partition coefficient (Wildman–Crippen LogP) is 2.33. The van der Waals surface area contributed by atoms with Crippen LogP contribution in [-0.2, 0) is 32.6 Å². The summed E-state index contributed by atoms with van der Waals surface area (Å²) < 4.78 is 0. The SMILES string of the molecule is CCCCP(CCCC)c1cc2ccccc2[cH-]1.CCCC[c-]1cccc1C.[Cl-].[Cl-].[Zr+4]. The van der Waals surface area contributed by atoms with E-state index in [1.54, 1.807) is 5.30 Å². The maximum absolute atomic E-state index is 2.44. The fourth-order valence-corrected chi connectivity index (χ4v) is 6.36. The van der Waals surface area contributed by atoms with E-state index in [2.05, 4.69) is 82.3 Å². The Labute approximate surface area is 224 Å². The molecule has 0 atom stereocenters. The van der Waals surface area contributed by atoms with Gasteiger partial charge in [-0.05, 0) is 25.2 Å². The van der Waals surface area contributed by atoms with Crippen LogP contribution in [0.15, 0.2) is 54.6 Å². The zero-order valence-corrected chi connectivity index (χ0v) is 24.6. The van der Waals surface area contributed by atoms with E-state index < -0.39 is 0 Å². The zero-order valence-electron chi connectivity index (χ0n) is 19.8. The zero-order chi connectivity index (χ0) is 20.2. The molecule has 3 rings (SSSR count). The van der Waals surface area contributed by atoms with Crippen LogP contribution in [0.1, 0.15) is 70.4 Å². The average Bonchev–Trinajstić information content (AvgIpc) is 3.32. The minimum atomic E-state index is 0. The van der Waals surface area contributed by atoms with Crippen molar-refractivity contribution in [2.24, 2.45) is 0 Å². The van der Waals surface area contributed by atoms with Gasteiger partial charge in [-0.15, -0.1) is 40.3 Å². The first-order chi connectivity index (χ1) is 13.7. The Kier molecular flexibility index (Phi) is 21.0. The van der Waals surface area contributed by atoms with Crippen molar-refractivity contribution < 1.29 is 51.0 Å². The number of unbranched alkanes of at least 4 members (excludes halogenated alkanes) is 3. The topological polar surface area (TPSA) is 0 Å². The second-order valence-corrected chi connectivity index (χ2v) is 10.4. The molecule has 0 aliphatic rings. The molecule has 0 heterocycles. The van der Waals surface area contributed by atoms with E-state index in [0.29, 0.717) is 0 Å². The van der Waals surface area contributed by atoms with Crippen LogP contribution in [0, 0.1) is 6.92 Å². The second kappa shape index (κ2) is 19.5. The molecule has 0 radical (unpaired) electrons. The summed E-state index contributed by atoms with van der Waals surface area (Å²) in [6.07, 6.45) is 12.1. The van der Waals surface area contributed by atoms with Crippen LogP contribution in [-0.4, -0.2) is 12.3 Å². The molecule has 31 heavy (non-hydrogen) atoms. The van der Waals surface area contributed by atoms with E-state index in [1.165, 1.54) is 79.2 Å². The third-order valence-corrected chi connectivity index (χ3v) is 8.18. The van der Waals surface area contributed by atoms with Gasteiger partial charge in [-0.3, -0.25) is 0 Å². The Morgan fingerprint density at radius 1 is 0.839 bits per heavy atom. The van der Waals surface area contributed by atoms with Crippen LogP contribution >= 0.6 is 7.92 Å². The normalized spacial score (nSPS) is 9.97. The first-order valence-corrected chi connectivity index (χ1v) is 13.0. The molecule has 0 saturated heterocycles. The summed E-state index contributed by atoms with van der Waals surface area (Å²) >= 11 is 0. The van der Waals surface area contributed by atoms with Gasteiger partial charge in [0.1, 0.15) is 0 Å². The Morgan fingerprint density at radius 2 is 1.45 bits per heavy atom. The van der Waals surface area contributed by atoms with Crippen molar-refractivity contribution in [1.29, 1.82) is 0 Å². The molecule has 0 bridgehead atoms. The minimum absolute atomic E-state index is 0. The van der Waals surface area contributed by atoms with Gasteiger partial charge in [-0.1, -0.05) is 73.8 Å². The van der Waals surface area contributed by atoms with Crippen molar-refractivity contribution in [3.05, 3.63) is 65.7 Å². The van der Waals surface area contributed by atoms with Crippen LogP contribution in [0.4, 0.5) is 0 Å². The van der Waals surface area contributed by atoms with Crippen LogP contribution in [0.25, 0.3) is 10.8 Å². The fraction of sp³-hybridized carbons (Fsp3) is 0.481. The Balaban J connectivity index is 0. The quantitative estimate of drug-likeness (QED) is 0.266. The van der Waals surface area contributed by atoms with Crippen molar-refractivity contribution in [3.63, 3.8) is 0 Å². The fourth-order valence-electron chi connectivity index (χ4n) is 3.58. The molecule has 0 fully saturated rings. The third-order valence-electron chi connectivity index (χ3n) is 5.48. The molecule has 0 amide bonds. The van der Waals surface area contributed by atoms with E-state index in [1.807, 2.05) is 0 Å². The monoisotopic (exact) mass is 554 g/mol. The van der Waals surface area contributed by atoms with Crippen molar-refractivity contribution in [2.45, 2.75) is 72.6 Å². The Hall–Kier alpha value is 0.0731. The third kappa shape index (κ3) is 11.7. The first kappa shape index (κ1) is 33.2. The molecule has 170 valence electrons. The van der Waals surface area contributed by atoms with Gasteiger partial charge in [0.2, 0.25) is 0 Å². The molecular formula is C27H39Cl2PZr. The number of fused-ring (bicyclic) bond motifs is 1. The summed E-state index contributed by atoms with van der Waals surface area (Å²) in [7, 11) is 0.0856. The average molecular weight is 557 g/mol. The molecule has 0 aromatic heterocycles. The second-order valence-electron chi connectivity index (χ2n) is 7.87. The molecule has 0 N–H and O–H groups in total. The van der Waals surface area contributed by atoms with Gasteiger partial charge in [0.25, 0.3) is 0 Å². The molecule has 0 spiro atoms. The number of hydrogen-bond acceptors (Lipinski definition) is 0. The molecule has 0 unspecified atom stereocenters. The Morgan fingerprint density at radius 3 is 1.97 bits per heavy atom. The molecule has 0 saturated carbocycles. The summed E-state index contributed by atoms with van der Waals surface area (Å²) in [5, 5.41) is 4.48. The predicted molar refractivity (Wildman–Crippen MR) is 131 cm³/mol. The van der Waals surface area contributed by atoms with Crippen molar-refractivity contribution >= 4 is 24.0 Å². The summed E-state index contributed by atoms with van der Waals surface area (Å²) in [5.74, 6) is 0. The van der Waals surface area contributed by atoms with E-state index in [4.69, 9.17) is 0 Å². The van der Waals surface area contributed by atoms with Crippen molar-refractivity contribution in [3.8, 4) is 0 Å². The maximum atomic E-state index is 2.44. The van der Waals surface area contributed by atoms with Crippen molar-refractivity contribution in [1.82, 2.24) is 0 Å². The number of hydrogen-bond donors (Lipinski definition) is 0. The molecule has 0 aliphatic heterocycles. The molecule has 3 aromatic rings.